The Morgan fingerprint density at radius 3 is 2.00 bits per heavy atom. The van der Waals surface area contributed by atoms with Gasteiger partial charge in [0.05, 0.1) is 0 Å². The second-order valence-electron chi connectivity index (χ2n) is 3.55. The molecule has 0 aliphatic carbocycles. The summed E-state index contributed by atoms with van der Waals surface area (Å²) in [6, 6.07) is 0. The average Bonchev–Trinajstić information content (AvgIpc) is 2.11. The van der Waals surface area contributed by atoms with E-state index in [1.165, 1.54) is 0 Å². The molecule has 10 heavy (non-hydrogen) atoms. The molecule has 0 radical (unpaired) electrons. The van der Waals surface area contributed by atoms with Gasteiger partial charge in [0.2, 0.25) is 0 Å². The van der Waals surface area contributed by atoms with Crippen LogP contribution in [0.4, 0.5) is 0 Å². The molecule has 0 aromatic heterocycles. The maximum absolute atomic E-state index is 3.15. The van der Waals surface area contributed by atoms with E-state index in [1.807, 2.05) is 24.5 Å². The van der Waals surface area contributed by atoms with Gasteiger partial charge in [-0.2, -0.15) is 0 Å². The highest BCUT2D eigenvalue weighted by molar-refractivity contribution is 4.90. The van der Waals surface area contributed by atoms with E-state index in [4.69, 9.17) is 0 Å². The molecule has 0 saturated heterocycles. The Bertz CT molecular complexity index is 145. The first-order valence-electron chi connectivity index (χ1n) is 3.47. The van der Waals surface area contributed by atoms with Gasteiger partial charge in [-0.15, -0.1) is 5.53 Å². The molecule has 0 aromatic rings. The molecule has 1 rings (SSSR count). The van der Waals surface area contributed by atoms with Gasteiger partial charge in [-0.05, 0) is 20.8 Å². The van der Waals surface area contributed by atoms with Crippen LogP contribution in [0.5, 0.6) is 0 Å². The summed E-state index contributed by atoms with van der Waals surface area (Å²) in [4.78, 5) is 0. The smallest absolute Gasteiger partial charge is 0.0491 e. The van der Waals surface area contributed by atoms with E-state index < -0.39 is 0 Å². The van der Waals surface area contributed by atoms with E-state index in [9.17, 15) is 0 Å². The lowest BCUT2D eigenvalue weighted by Gasteiger charge is -2.32. The van der Waals surface area contributed by atoms with Crippen molar-refractivity contribution in [2.24, 2.45) is 0 Å². The molecule has 58 valence electrons. The van der Waals surface area contributed by atoms with Gasteiger partial charge in [-0.25, -0.2) is 0 Å². The quantitative estimate of drug-likeness (QED) is 0.541. The Balaban J connectivity index is 2.55. The zero-order valence-corrected chi connectivity index (χ0v) is 7.05. The summed E-state index contributed by atoms with van der Waals surface area (Å²) in [5.41, 5.74) is 3.30. The monoisotopic (exact) mass is 141 g/mol. The van der Waals surface area contributed by atoms with Crippen LogP contribution in [-0.4, -0.2) is 22.6 Å². The fourth-order valence-electron chi connectivity index (χ4n) is 0.777. The zero-order valence-electron chi connectivity index (χ0n) is 7.05. The van der Waals surface area contributed by atoms with Crippen LogP contribution in [0.3, 0.4) is 0 Å². The fraction of sp³-hybridized carbons (Fsp3) is 0.714. The van der Waals surface area contributed by atoms with Gasteiger partial charge in [-0.1, -0.05) is 0 Å². The van der Waals surface area contributed by atoms with Gasteiger partial charge in [0.1, 0.15) is 0 Å². The third-order valence-electron chi connectivity index (χ3n) is 1.43. The van der Waals surface area contributed by atoms with Crippen LogP contribution in [0.25, 0.3) is 0 Å². The summed E-state index contributed by atoms with van der Waals surface area (Å²) in [5.74, 6) is 0. The third kappa shape index (κ3) is 1.42. The van der Waals surface area contributed by atoms with Crippen molar-refractivity contribution in [1.29, 1.82) is 0 Å². The summed E-state index contributed by atoms with van der Waals surface area (Å²) in [6.45, 7) is 6.47. The van der Waals surface area contributed by atoms with Crippen LogP contribution in [-0.2, 0) is 0 Å². The SMILES string of the molecule is CN1C=CN(C(C)(C)C)N1. The number of hydrogen-bond acceptors (Lipinski definition) is 3. The number of hydrogen-bond donors (Lipinski definition) is 1. The van der Waals surface area contributed by atoms with Crippen LogP contribution >= 0.6 is 0 Å². The Morgan fingerprint density at radius 1 is 1.20 bits per heavy atom. The lowest BCUT2D eigenvalue weighted by molar-refractivity contribution is 0.0757. The summed E-state index contributed by atoms with van der Waals surface area (Å²) in [5, 5.41) is 3.98. The number of hydrazine groups is 2. The van der Waals surface area contributed by atoms with Crippen LogP contribution in [0, 0.1) is 0 Å². The number of nitrogens with one attached hydrogen (secondary N) is 1. The Labute approximate surface area is 62.2 Å². The summed E-state index contributed by atoms with van der Waals surface area (Å²) >= 11 is 0. The van der Waals surface area contributed by atoms with E-state index >= 15 is 0 Å². The van der Waals surface area contributed by atoms with Crippen molar-refractivity contribution in [3.8, 4) is 0 Å². The molecule has 3 nitrogen and oxygen atoms in total. The van der Waals surface area contributed by atoms with Gasteiger partial charge in [0.15, 0.2) is 0 Å². The molecule has 0 fully saturated rings. The Kier molecular flexibility index (Phi) is 1.60. The molecule has 1 aliphatic heterocycles. The number of nitrogens with zero attached hydrogens (tertiary/aromatic N) is 2. The molecule has 1 N–H and O–H groups in total. The lowest BCUT2D eigenvalue weighted by Crippen LogP contribution is -2.47. The highest BCUT2D eigenvalue weighted by atomic mass is 15.8. The van der Waals surface area contributed by atoms with Gasteiger partial charge in [0.25, 0.3) is 0 Å². The zero-order chi connectivity index (χ0) is 7.78. The van der Waals surface area contributed by atoms with E-state index in [1.54, 1.807) is 0 Å². The van der Waals surface area contributed by atoms with Crippen LogP contribution in [0.1, 0.15) is 20.8 Å². The van der Waals surface area contributed by atoms with Crippen molar-refractivity contribution < 1.29 is 0 Å². The molecule has 0 unspecified atom stereocenters. The first-order chi connectivity index (χ1) is 4.50. The average molecular weight is 141 g/mol. The highest BCUT2D eigenvalue weighted by Crippen LogP contribution is 2.13. The largest absolute Gasteiger partial charge is 0.300 e. The molecule has 0 saturated carbocycles. The molecule has 3 heteroatoms. The van der Waals surface area contributed by atoms with Crippen molar-refractivity contribution >= 4 is 0 Å². The van der Waals surface area contributed by atoms with Crippen molar-refractivity contribution in [3.05, 3.63) is 12.4 Å². The summed E-state index contributed by atoms with van der Waals surface area (Å²) in [7, 11) is 1.97. The fourth-order valence-corrected chi connectivity index (χ4v) is 0.777. The van der Waals surface area contributed by atoms with E-state index in [2.05, 4.69) is 31.3 Å². The first-order valence-corrected chi connectivity index (χ1v) is 3.47. The molecular formula is C7H15N3. The topological polar surface area (TPSA) is 18.5 Å². The minimum Gasteiger partial charge on any atom is -0.300 e. The number of rotatable bonds is 0. The molecular weight excluding hydrogens is 126 g/mol. The van der Waals surface area contributed by atoms with Crippen LogP contribution in [0.15, 0.2) is 12.4 Å². The predicted molar refractivity (Wildman–Crippen MR) is 41.6 cm³/mol. The maximum Gasteiger partial charge on any atom is 0.0491 e. The highest BCUT2D eigenvalue weighted by Gasteiger charge is 2.21. The standard InChI is InChI=1S/C7H15N3/c1-7(2,3)10-6-5-9(4)8-10/h5-6,8H,1-4H3. The van der Waals surface area contributed by atoms with Gasteiger partial charge < -0.3 is 0 Å². The van der Waals surface area contributed by atoms with E-state index in [-0.39, 0.29) is 5.54 Å². The molecule has 0 bridgehead atoms. The Morgan fingerprint density at radius 2 is 1.80 bits per heavy atom. The normalized spacial score (nSPS) is 18.8. The third-order valence-corrected chi connectivity index (χ3v) is 1.43. The van der Waals surface area contributed by atoms with Crippen LogP contribution < -0.4 is 5.53 Å². The van der Waals surface area contributed by atoms with Gasteiger partial charge >= 0.3 is 0 Å². The second-order valence-corrected chi connectivity index (χ2v) is 3.55. The van der Waals surface area contributed by atoms with E-state index in [0.717, 1.165) is 0 Å². The van der Waals surface area contributed by atoms with Gasteiger partial charge in [0, 0.05) is 25.0 Å². The minimum atomic E-state index is 0.154. The molecule has 0 aromatic carbocycles. The maximum atomic E-state index is 3.15. The van der Waals surface area contributed by atoms with Crippen LogP contribution in [0.2, 0.25) is 0 Å². The first kappa shape index (κ1) is 7.41. The van der Waals surface area contributed by atoms with Crippen molar-refractivity contribution in [3.63, 3.8) is 0 Å². The minimum absolute atomic E-state index is 0.154. The van der Waals surface area contributed by atoms with Gasteiger partial charge in [-0.3, -0.25) is 10.0 Å². The lowest BCUT2D eigenvalue weighted by atomic mass is 10.1. The molecule has 1 aliphatic rings. The van der Waals surface area contributed by atoms with Crippen molar-refractivity contribution in [1.82, 2.24) is 15.6 Å². The second kappa shape index (κ2) is 2.16. The van der Waals surface area contributed by atoms with Crippen molar-refractivity contribution in [2.45, 2.75) is 26.3 Å². The summed E-state index contributed by atoms with van der Waals surface area (Å²) < 4.78 is 0. The Hall–Kier alpha value is -0.700. The molecule has 0 atom stereocenters. The van der Waals surface area contributed by atoms with Crippen molar-refractivity contribution in [2.75, 3.05) is 7.05 Å². The molecule has 0 amide bonds. The molecule has 1 heterocycles. The molecule has 0 spiro atoms. The summed E-state index contributed by atoms with van der Waals surface area (Å²) in [6.07, 6.45) is 4.02. The predicted octanol–water partition coefficient (Wildman–Crippen LogP) is 0.923. The van der Waals surface area contributed by atoms with E-state index in [0.29, 0.717) is 0 Å².